The van der Waals surface area contributed by atoms with Crippen LogP contribution in [0.3, 0.4) is 0 Å². The molecule has 4 nitrogen and oxygen atoms in total. The molecule has 2 aromatic rings. The first-order valence-electron chi connectivity index (χ1n) is 8.43. The first-order valence-corrected chi connectivity index (χ1v) is 8.81. The summed E-state index contributed by atoms with van der Waals surface area (Å²) in [6.45, 7) is 2.38. The van der Waals surface area contributed by atoms with Crippen molar-refractivity contribution >= 4 is 17.5 Å². The maximum Gasteiger partial charge on any atom is 0.251 e. The molecular weight excluding hydrogens is 338 g/mol. The average molecular weight is 360 g/mol. The van der Waals surface area contributed by atoms with Crippen LogP contribution >= 0.6 is 11.6 Å². The molecule has 25 heavy (non-hydrogen) atoms. The van der Waals surface area contributed by atoms with Crippen LogP contribution in [0.2, 0.25) is 5.02 Å². The molecule has 0 unspecified atom stereocenters. The van der Waals surface area contributed by atoms with Gasteiger partial charge in [0, 0.05) is 22.2 Å². The number of hydrogen-bond acceptors (Lipinski definition) is 3. The molecule has 1 aliphatic carbocycles. The molecule has 0 heterocycles. The van der Waals surface area contributed by atoms with E-state index in [0.29, 0.717) is 34.6 Å². The zero-order valence-corrected chi connectivity index (χ0v) is 15.2. The summed E-state index contributed by atoms with van der Waals surface area (Å²) < 4.78 is 11.2. The van der Waals surface area contributed by atoms with Gasteiger partial charge in [-0.15, -0.1) is 0 Å². The number of carbonyl (C=O) groups excluding carboxylic acids is 1. The first kappa shape index (κ1) is 17.6. The van der Waals surface area contributed by atoms with E-state index in [1.165, 1.54) is 12.8 Å². The Morgan fingerprint density at radius 3 is 2.68 bits per heavy atom. The van der Waals surface area contributed by atoms with Crippen molar-refractivity contribution in [1.29, 1.82) is 0 Å². The van der Waals surface area contributed by atoms with Crippen LogP contribution in [0.25, 0.3) is 0 Å². The van der Waals surface area contributed by atoms with Gasteiger partial charge in [-0.3, -0.25) is 4.79 Å². The van der Waals surface area contributed by atoms with Crippen molar-refractivity contribution in [2.45, 2.75) is 32.4 Å². The second-order valence-electron chi connectivity index (χ2n) is 6.35. The Hall–Kier alpha value is -2.20. The van der Waals surface area contributed by atoms with Crippen molar-refractivity contribution < 1.29 is 14.3 Å². The molecule has 3 rings (SSSR count). The maximum atomic E-state index is 12.4. The fraction of sp³-hybridized carbons (Fsp3) is 0.350. The number of amides is 1. The van der Waals surface area contributed by atoms with Gasteiger partial charge < -0.3 is 14.8 Å². The second-order valence-corrected chi connectivity index (χ2v) is 6.75. The minimum Gasteiger partial charge on any atom is -0.493 e. The standard InChI is InChI=1S/C20H22ClNO3/c1-13(14-7-8-14)22-20(23)15-9-10-18(19(11-15)24-2)25-12-16-5-3-4-6-17(16)21/h3-6,9-11,13-14H,7-8,12H2,1-2H3,(H,22,23)/t13-/m0/s1. The summed E-state index contributed by atoms with van der Waals surface area (Å²) in [4.78, 5) is 12.4. The molecule has 132 valence electrons. The number of methoxy groups -OCH3 is 1. The highest BCUT2D eigenvalue weighted by Crippen LogP contribution is 2.33. The van der Waals surface area contributed by atoms with Crippen LogP contribution in [0, 0.1) is 5.92 Å². The van der Waals surface area contributed by atoms with E-state index in [9.17, 15) is 4.79 Å². The van der Waals surface area contributed by atoms with Crippen LogP contribution in [-0.2, 0) is 6.61 Å². The predicted molar refractivity (Wildman–Crippen MR) is 98.4 cm³/mol. The molecular formula is C20H22ClNO3. The predicted octanol–water partition coefficient (Wildman–Crippen LogP) is 4.46. The molecule has 1 atom stereocenters. The third kappa shape index (κ3) is 4.45. The molecule has 1 saturated carbocycles. The Morgan fingerprint density at radius 2 is 2.00 bits per heavy atom. The fourth-order valence-electron chi connectivity index (χ4n) is 2.70. The van der Waals surface area contributed by atoms with Gasteiger partial charge in [0.1, 0.15) is 6.61 Å². The highest BCUT2D eigenvalue weighted by molar-refractivity contribution is 6.31. The molecule has 1 amide bonds. The molecule has 1 aliphatic rings. The summed E-state index contributed by atoms with van der Waals surface area (Å²) in [7, 11) is 1.56. The number of nitrogens with one attached hydrogen (secondary N) is 1. The van der Waals surface area contributed by atoms with Gasteiger partial charge in [0.15, 0.2) is 11.5 Å². The van der Waals surface area contributed by atoms with Gasteiger partial charge in [0.05, 0.1) is 7.11 Å². The van der Waals surface area contributed by atoms with Crippen LogP contribution in [-0.4, -0.2) is 19.1 Å². The van der Waals surface area contributed by atoms with Crippen molar-refractivity contribution in [1.82, 2.24) is 5.32 Å². The quantitative estimate of drug-likeness (QED) is 0.794. The third-order valence-corrected chi connectivity index (χ3v) is 4.82. The number of hydrogen-bond donors (Lipinski definition) is 1. The van der Waals surface area contributed by atoms with E-state index in [1.54, 1.807) is 25.3 Å². The summed E-state index contributed by atoms with van der Waals surface area (Å²) in [5.41, 5.74) is 1.46. The van der Waals surface area contributed by atoms with E-state index in [4.69, 9.17) is 21.1 Å². The van der Waals surface area contributed by atoms with E-state index in [-0.39, 0.29) is 11.9 Å². The lowest BCUT2D eigenvalue weighted by Crippen LogP contribution is -2.33. The minimum absolute atomic E-state index is 0.0876. The number of halogens is 1. The lowest BCUT2D eigenvalue weighted by molar-refractivity contribution is 0.0935. The van der Waals surface area contributed by atoms with Gasteiger partial charge in [-0.1, -0.05) is 29.8 Å². The molecule has 1 N–H and O–H groups in total. The molecule has 0 aliphatic heterocycles. The Labute approximate surface area is 153 Å². The zero-order chi connectivity index (χ0) is 17.8. The van der Waals surface area contributed by atoms with E-state index in [0.717, 1.165) is 5.56 Å². The van der Waals surface area contributed by atoms with E-state index in [1.807, 2.05) is 31.2 Å². The molecule has 5 heteroatoms. The molecule has 0 saturated heterocycles. The summed E-state index contributed by atoms with van der Waals surface area (Å²) >= 11 is 6.15. The van der Waals surface area contributed by atoms with Crippen LogP contribution in [0.1, 0.15) is 35.7 Å². The SMILES string of the molecule is COc1cc(C(=O)N[C@@H](C)C2CC2)ccc1OCc1ccccc1Cl. The van der Waals surface area contributed by atoms with Gasteiger partial charge in [-0.2, -0.15) is 0 Å². The minimum atomic E-state index is -0.0876. The van der Waals surface area contributed by atoms with E-state index < -0.39 is 0 Å². The summed E-state index contributed by atoms with van der Waals surface area (Å²) in [6, 6.07) is 12.9. The topological polar surface area (TPSA) is 47.6 Å². The monoisotopic (exact) mass is 359 g/mol. The van der Waals surface area contributed by atoms with E-state index in [2.05, 4.69) is 5.32 Å². The first-order chi connectivity index (χ1) is 12.1. The van der Waals surface area contributed by atoms with Crippen molar-refractivity contribution in [3.8, 4) is 11.5 Å². The van der Waals surface area contributed by atoms with Crippen molar-refractivity contribution in [3.05, 3.63) is 58.6 Å². The largest absolute Gasteiger partial charge is 0.493 e. The highest BCUT2D eigenvalue weighted by Gasteiger charge is 2.29. The van der Waals surface area contributed by atoms with Gasteiger partial charge in [0.2, 0.25) is 0 Å². The average Bonchev–Trinajstić information content (AvgIpc) is 3.46. The fourth-order valence-corrected chi connectivity index (χ4v) is 2.89. The lowest BCUT2D eigenvalue weighted by Gasteiger charge is -2.15. The normalized spacial score (nSPS) is 14.7. The smallest absolute Gasteiger partial charge is 0.251 e. The lowest BCUT2D eigenvalue weighted by atomic mass is 10.1. The van der Waals surface area contributed by atoms with Gasteiger partial charge in [-0.05, 0) is 49.9 Å². The second kappa shape index (κ2) is 7.79. The Kier molecular flexibility index (Phi) is 5.49. The van der Waals surface area contributed by atoms with Crippen LogP contribution in [0.5, 0.6) is 11.5 Å². The van der Waals surface area contributed by atoms with Crippen LogP contribution in [0.15, 0.2) is 42.5 Å². The molecule has 0 spiro atoms. The number of ether oxygens (including phenoxy) is 2. The van der Waals surface area contributed by atoms with Crippen LogP contribution < -0.4 is 14.8 Å². The molecule has 0 aromatic heterocycles. The zero-order valence-electron chi connectivity index (χ0n) is 14.4. The van der Waals surface area contributed by atoms with Gasteiger partial charge in [-0.25, -0.2) is 0 Å². The molecule has 1 fully saturated rings. The Balaban J connectivity index is 1.68. The maximum absolute atomic E-state index is 12.4. The van der Waals surface area contributed by atoms with Gasteiger partial charge >= 0.3 is 0 Å². The summed E-state index contributed by atoms with van der Waals surface area (Å²) in [5, 5.41) is 3.70. The Morgan fingerprint density at radius 1 is 1.24 bits per heavy atom. The highest BCUT2D eigenvalue weighted by atomic mass is 35.5. The van der Waals surface area contributed by atoms with Gasteiger partial charge in [0.25, 0.3) is 5.91 Å². The molecule has 0 bridgehead atoms. The van der Waals surface area contributed by atoms with Crippen molar-refractivity contribution in [3.63, 3.8) is 0 Å². The number of benzene rings is 2. The third-order valence-electron chi connectivity index (χ3n) is 4.45. The molecule has 0 radical (unpaired) electrons. The van der Waals surface area contributed by atoms with Crippen molar-refractivity contribution in [2.24, 2.45) is 5.92 Å². The van der Waals surface area contributed by atoms with E-state index >= 15 is 0 Å². The molecule has 2 aromatic carbocycles. The van der Waals surface area contributed by atoms with Crippen molar-refractivity contribution in [2.75, 3.05) is 7.11 Å². The number of carbonyl (C=O) groups is 1. The Bertz CT molecular complexity index is 758. The van der Waals surface area contributed by atoms with Crippen LogP contribution in [0.4, 0.5) is 0 Å². The number of rotatable bonds is 7. The summed E-state index contributed by atoms with van der Waals surface area (Å²) in [5.74, 6) is 1.63. The summed E-state index contributed by atoms with van der Waals surface area (Å²) in [6.07, 6.45) is 2.39.